The third-order valence-electron chi connectivity index (χ3n) is 2.65. The van der Waals surface area contributed by atoms with Crippen molar-refractivity contribution in [3.05, 3.63) is 22.1 Å². The average molecular weight is 212 g/mol. The van der Waals surface area contributed by atoms with Crippen LogP contribution in [-0.2, 0) is 9.60 Å². The second-order valence-electron chi connectivity index (χ2n) is 4.12. The standard InChI is InChI=1S/C11H20N2S/c1-8(2)11-7-10(6-9(11)3)14(5,12)13-4/h7-8H,5-6H2,1-4H3,(H2,12,13). The first kappa shape index (κ1) is 11.5. The first-order chi connectivity index (χ1) is 6.38. The fraction of sp³-hybridized carbons (Fsp3) is 0.545. The molecule has 1 aliphatic carbocycles. The molecule has 3 heteroatoms. The monoisotopic (exact) mass is 212 g/mol. The summed E-state index contributed by atoms with van der Waals surface area (Å²) in [6.45, 7) is 6.58. The zero-order valence-corrected chi connectivity index (χ0v) is 10.3. The van der Waals surface area contributed by atoms with Crippen molar-refractivity contribution in [2.24, 2.45) is 15.4 Å². The fourth-order valence-corrected chi connectivity index (χ4v) is 2.75. The predicted octanol–water partition coefficient (Wildman–Crippen LogP) is 2.52. The van der Waals surface area contributed by atoms with Crippen LogP contribution in [0, 0.1) is 5.92 Å². The molecule has 0 heterocycles. The Morgan fingerprint density at radius 3 is 2.50 bits per heavy atom. The lowest BCUT2D eigenvalue weighted by molar-refractivity contribution is 0.783. The molecule has 2 nitrogen and oxygen atoms in total. The van der Waals surface area contributed by atoms with E-state index in [1.165, 1.54) is 16.1 Å². The van der Waals surface area contributed by atoms with Crippen molar-refractivity contribution in [3.8, 4) is 0 Å². The van der Waals surface area contributed by atoms with E-state index in [1.807, 2.05) is 0 Å². The fourth-order valence-electron chi connectivity index (χ4n) is 1.71. The summed E-state index contributed by atoms with van der Waals surface area (Å²) in [4.78, 5) is 1.21. The highest BCUT2D eigenvalue weighted by molar-refractivity contribution is 8.03. The van der Waals surface area contributed by atoms with Gasteiger partial charge in [0.15, 0.2) is 0 Å². The molecule has 1 rings (SSSR count). The molecule has 14 heavy (non-hydrogen) atoms. The summed E-state index contributed by atoms with van der Waals surface area (Å²) >= 11 is 0. The van der Waals surface area contributed by atoms with Crippen LogP contribution in [0.4, 0.5) is 0 Å². The lowest BCUT2D eigenvalue weighted by Gasteiger charge is -2.09. The summed E-state index contributed by atoms with van der Waals surface area (Å²) in [5.41, 5.74) is 2.83. The highest BCUT2D eigenvalue weighted by Gasteiger charge is 2.17. The average Bonchev–Trinajstić information content (AvgIpc) is 2.48. The summed E-state index contributed by atoms with van der Waals surface area (Å²) < 4.78 is 4.19. The van der Waals surface area contributed by atoms with Gasteiger partial charge in [0.2, 0.25) is 0 Å². The molecule has 0 radical (unpaired) electrons. The van der Waals surface area contributed by atoms with E-state index in [9.17, 15) is 0 Å². The van der Waals surface area contributed by atoms with Gasteiger partial charge in [-0.2, -0.15) is 0 Å². The number of nitrogens with zero attached hydrogens (tertiary/aromatic N) is 1. The largest absolute Gasteiger partial charge is 0.272 e. The molecule has 0 aliphatic heterocycles. The molecular weight excluding hydrogens is 192 g/mol. The highest BCUT2D eigenvalue weighted by Crippen LogP contribution is 2.32. The number of hydrogen-bond donors (Lipinski definition) is 1. The normalized spacial score (nSPS) is 21.1. The van der Waals surface area contributed by atoms with E-state index in [1.54, 1.807) is 7.05 Å². The van der Waals surface area contributed by atoms with Crippen molar-refractivity contribution < 1.29 is 0 Å². The van der Waals surface area contributed by atoms with Crippen molar-refractivity contribution in [1.82, 2.24) is 0 Å². The Labute approximate surface area is 87.7 Å². The quantitative estimate of drug-likeness (QED) is 0.702. The van der Waals surface area contributed by atoms with E-state index in [0.717, 1.165) is 6.42 Å². The minimum Gasteiger partial charge on any atom is -0.272 e. The smallest absolute Gasteiger partial charge is 0.0357 e. The van der Waals surface area contributed by atoms with Crippen molar-refractivity contribution in [2.45, 2.75) is 27.2 Å². The maximum Gasteiger partial charge on any atom is 0.0357 e. The number of allylic oxidation sites excluding steroid dienone is 4. The minimum absolute atomic E-state index is 0.569. The maximum absolute atomic E-state index is 6.06. The van der Waals surface area contributed by atoms with Crippen LogP contribution in [0.15, 0.2) is 26.5 Å². The molecule has 0 saturated heterocycles. The van der Waals surface area contributed by atoms with Crippen molar-refractivity contribution in [2.75, 3.05) is 7.05 Å². The van der Waals surface area contributed by atoms with E-state index in [0.29, 0.717) is 5.92 Å². The highest BCUT2D eigenvalue weighted by atomic mass is 32.2. The van der Waals surface area contributed by atoms with Crippen LogP contribution in [0.3, 0.4) is 0 Å². The first-order valence-corrected chi connectivity index (χ1v) is 6.66. The third kappa shape index (κ3) is 2.10. The number of nitrogens with two attached hydrogens (primary N) is 1. The van der Waals surface area contributed by atoms with E-state index in [4.69, 9.17) is 5.14 Å². The van der Waals surface area contributed by atoms with Gasteiger partial charge in [-0.05, 0) is 30.4 Å². The lowest BCUT2D eigenvalue weighted by Crippen LogP contribution is -2.13. The van der Waals surface area contributed by atoms with Crippen LogP contribution in [0.2, 0.25) is 0 Å². The molecule has 1 aliphatic rings. The first-order valence-electron chi connectivity index (χ1n) is 4.84. The molecule has 80 valence electrons. The Kier molecular flexibility index (Phi) is 3.22. The van der Waals surface area contributed by atoms with Crippen LogP contribution in [0.25, 0.3) is 0 Å². The van der Waals surface area contributed by atoms with E-state index >= 15 is 0 Å². The van der Waals surface area contributed by atoms with Gasteiger partial charge in [0.05, 0.1) is 0 Å². The predicted molar refractivity (Wildman–Crippen MR) is 67.3 cm³/mol. The minimum atomic E-state index is -1.60. The molecule has 0 bridgehead atoms. The van der Waals surface area contributed by atoms with Crippen LogP contribution in [-0.4, -0.2) is 12.9 Å². The Hall–Kier alpha value is -0.540. The third-order valence-corrected chi connectivity index (χ3v) is 4.47. The van der Waals surface area contributed by atoms with Crippen LogP contribution in [0.5, 0.6) is 0 Å². The summed E-state index contributed by atoms with van der Waals surface area (Å²) in [6.07, 6.45) is 3.16. The van der Waals surface area contributed by atoms with Gasteiger partial charge in [-0.25, -0.2) is 0 Å². The van der Waals surface area contributed by atoms with E-state index in [-0.39, 0.29) is 0 Å². The number of hydrogen-bond acceptors (Lipinski definition) is 1. The lowest BCUT2D eigenvalue weighted by atomic mass is 10.0. The molecule has 0 aromatic rings. The van der Waals surface area contributed by atoms with Gasteiger partial charge in [0.25, 0.3) is 0 Å². The molecule has 0 aromatic heterocycles. The topological polar surface area (TPSA) is 38.4 Å². The van der Waals surface area contributed by atoms with Gasteiger partial charge in [0, 0.05) is 18.4 Å². The maximum atomic E-state index is 6.06. The summed E-state index contributed by atoms with van der Waals surface area (Å²) in [5, 5.41) is 6.06. The van der Waals surface area contributed by atoms with Crippen molar-refractivity contribution >= 4 is 15.5 Å². The Morgan fingerprint density at radius 1 is 1.57 bits per heavy atom. The van der Waals surface area contributed by atoms with Gasteiger partial charge in [-0.15, -0.1) is 0 Å². The van der Waals surface area contributed by atoms with E-state index < -0.39 is 9.60 Å². The molecule has 0 amide bonds. The van der Waals surface area contributed by atoms with Gasteiger partial charge in [0.1, 0.15) is 0 Å². The van der Waals surface area contributed by atoms with Crippen molar-refractivity contribution in [3.63, 3.8) is 0 Å². The van der Waals surface area contributed by atoms with Crippen LogP contribution < -0.4 is 5.14 Å². The summed E-state index contributed by atoms with van der Waals surface area (Å²) in [5.74, 6) is 4.57. The zero-order chi connectivity index (χ0) is 10.9. The van der Waals surface area contributed by atoms with Gasteiger partial charge in [-0.3, -0.25) is 9.50 Å². The molecule has 0 saturated carbocycles. The SMILES string of the molecule is C=S(N)(=NC)C1=CC(C(C)C)=C(C)C1. The summed E-state index contributed by atoms with van der Waals surface area (Å²) in [7, 11) is 0.153. The van der Waals surface area contributed by atoms with E-state index in [2.05, 4.69) is 37.1 Å². The second-order valence-corrected chi connectivity index (χ2v) is 6.51. The van der Waals surface area contributed by atoms with Crippen LogP contribution in [0.1, 0.15) is 27.2 Å². The molecule has 0 spiro atoms. The van der Waals surface area contributed by atoms with Crippen LogP contribution >= 0.6 is 0 Å². The Balaban J connectivity index is 3.07. The molecule has 0 aromatic carbocycles. The Bertz CT molecular complexity index is 405. The number of rotatable bonds is 2. The van der Waals surface area contributed by atoms with Gasteiger partial charge in [-0.1, -0.05) is 29.0 Å². The zero-order valence-electron chi connectivity index (χ0n) is 9.50. The molecule has 1 unspecified atom stereocenters. The molecular formula is C11H20N2S. The van der Waals surface area contributed by atoms with Gasteiger partial charge >= 0.3 is 0 Å². The van der Waals surface area contributed by atoms with Gasteiger partial charge < -0.3 is 0 Å². The second kappa shape index (κ2) is 3.91. The molecule has 0 fully saturated rings. The molecule has 2 N–H and O–H groups in total. The Morgan fingerprint density at radius 2 is 2.14 bits per heavy atom. The van der Waals surface area contributed by atoms with Crippen molar-refractivity contribution in [1.29, 1.82) is 0 Å². The summed E-state index contributed by atoms with van der Waals surface area (Å²) in [6, 6.07) is 0. The molecule has 1 atom stereocenters.